The van der Waals surface area contributed by atoms with E-state index < -0.39 is 5.97 Å². The van der Waals surface area contributed by atoms with E-state index in [1.807, 2.05) is 38.1 Å². The Kier molecular flexibility index (Phi) is 4.43. The molecule has 1 N–H and O–H groups in total. The topological polar surface area (TPSA) is 49.8 Å². The number of hydrogen-bond acceptors (Lipinski definition) is 3. The predicted molar refractivity (Wildman–Crippen MR) is 73.4 cm³/mol. The number of carboxylic acid groups (broad SMARTS) is 1. The highest BCUT2D eigenvalue weighted by Crippen LogP contribution is 2.23. The zero-order valence-electron chi connectivity index (χ0n) is 11.5. The minimum Gasteiger partial charge on any atom is -0.492 e. The van der Waals surface area contributed by atoms with Crippen LogP contribution in [0, 0.1) is 18.8 Å². The summed E-state index contributed by atoms with van der Waals surface area (Å²) in [6.07, 6.45) is 0. The van der Waals surface area contributed by atoms with Gasteiger partial charge < -0.3 is 9.84 Å². The van der Waals surface area contributed by atoms with Gasteiger partial charge in [0.15, 0.2) is 0 Å². The van der Waals surface area contributed by atoms with Crippen LogP contribution in [0.2, 0.25) is 0 Å². The molecule has 0 aliphatic carbocycles. The first-order valence-corrected chi connectivity index (χ1v) is 6.71. The number of rotatable bonds is 5. The maximum absolute atomic E-state index is 11.0. The van der Waals surface area contributed by atoms with E-state index in [0.717, 1.165) is 24.4 Å². The van der Waals surface area contributed by atoms with Gasteiger partial charge in [0.25, 0.3) is 0 Å². The Morgan fingerprint density at radius 2 is 2.16 bits per heavy atom. The number of likely N-dealkylation sites (tertiary alicyclic amines) is 1. The van der Waals surface area contributed by atoms with E-state index in [0.29, 0.717) is 13.2 Å². The molecule has 4 nitrogen and oxygen atoms in total. The van der Waals surface area contributed by atoms with E-state index in [2.05, 4.69) is 4.90 Å². The van der Waals surface area contributed by atoms with Crippen LogP contribution in [-0.4, -0.2) is 42.2 Å². The fourth-order valence-corrected chi connectivity index (χ4v) is 2.57. The second-order valence-electron chi connectivity index (χ2n) is 5.30. The third-order valence-corrected chi connectivity index (χ3v) is 3.76. The highest BCUT2D eigenvalue weighted by molar-refractivity contribution is 5.71. The number of nitrogens with zero attached hydrogens (tertiary/aromatic N) is 1. The van der Waals surface area contributed by atoms with E-state index >= 15 is 0 Å². The standard InChI is InChI=1S/C15H21NO3/c1-11-5-3-4-6-14(11)19-8-7-16-9-12(2)13(10-16)15(17)18/h3-6,12-13H,7-10H2,1-2H3,(H,17,18)/t12-,13-/m1/s1. The molecule has 19 heavy (non-hydrogen) atoms. The number of para-hydroxylation sites is 1. The molecule has 0 spiro atoms. The van der Waals surface area contributed by atoms with Crippen LogP contribution >= 0.6 is 0 Å². The summed E-state index contributed by atoms with van der Waals surface area (Å²) in [7, 11) is 0. The summed E-state index contributed by atoms with van der Waals surface area (Å²) in [5.74, 6) is 0.203. The Morgan fingerprint density at radius 3 is 2.79 bits per heavy atom. The highest BCUT2D eigenvalue weighted by atomic mass is 16.5. The predicted octanol–water partition coefficient (Wildman–Crippen LogP) is 2.03. The minimum atomic E-state index is -0.685. The van der Waals surface area contributed by atoms with Crippen LogP contribution in [0.3, 0.4) is 0 Å². The van der Waals surface area contributed by atoms with Gasteiger partial charge in [0.1, 0.15) is 12.4 Å². The van der Waals surface area contributed by atoms with Crippen LogP contribution in [-0.2, 0) is 4.79 Å². The summed E-state index contributed by atoms with van der Waals surface area (Å²) < 4.78 is 5.74. The third kappa shape index (κ3) is 3.47. The lowest BCUT2D eigenvalue weighted by Gasteiger charge is -2.16. The number of aryl methyl sites for hydroxylation is 1. The molecule has 2 atom stereocenters. The van der Waals surface area contributed by atoms with Gasteiger partial charge in [0.05, 0.1) is 5.92 Å². The molecule has 0 amide bonds. The van der Waals surface area contributed by atoms with Crippen molar-refractivity contribution >= 4 is 5.97 Å². The van der Waals surface area contributed by atoms with Gasteiger partial charge in [-0.3, -0.25) is 9.69 Å². The smallest absolute Gasteiger partial charge is 0.308 e. The van der Waals surface area contributed by atoms with Crippen molar-refractivity contribution in [1.29, 1.82) is 0 Å². The monoisotopic (exact) mass is 263 g/mol. The van der Waals surface area contributed by atoms with Crippen molar-refractivity contribution in [2.24, 2.45) is 11.8 Å². The van der Waals surface area contributed by atoms with Gasteiger partial charge >= 0.3 is 5.97 Å². The van der Waals surface area contributed by atoms with Crippen molar-refractivity contribution in [3.8, 4) is 5.75 Å². The molecular formula is C15H21NO3. The van der Waals surface area contributed by atoms with E-state index in [1.165, 1.54) is 0 Å². The molecule has 0 saturated carbocycles. The summed E-state index contributed by atoms with van der Waals surface area (Å²) in [4.78, 5) is 13.2. The first-order chi connectivity index (χ1) is 9.08. The van der Waals surface area contributed by atoms with Gasteiger partial charge in [-0.2, -0.15) is 0 Å². The molecule has 0 unspecified atom stereocenters. The molecule has 1 aromatic carbocycles. The molecule has 2 rings (SSSR count). The Hall–Kier alpha value is -1.55. The fourth-order valence-electron chi connectivity index (χ4n) is 2.57. The quantitative estimate of drug-likeness (QED) is 0.883. The fraction of sp³-hybridized carbons (Fsp3) is 0.533. The van der Waals surface area contributed by atoms with Gasteiger partial charge in [0, 0.05) is 19.6 Å². The molecule has 1 saturated heterocycles. The summed E-state index contributed by atoms with van der Waals surface area (Å²) in [6.45, 7) is 6.88. The summed E-state index contributed by atoms with van der Waals surface area (Å²) in [6, 6.07) is 7.93. The molecular weight excluding hydrogens is 242 g/mol. The van der Waals surface area contributed by atoms with Crippen LogP contribution in [0.15, 0.2) is 24.3 Å². The minimum absolute atomic E-state index is 0.218. The third-order valence-electron chi connectivity index (χ3n) is 3.76. The molecule has 0 radical (unpaired) electrons. The van der Waals surface area contributed by atoms with Gasteiger partial charge in [-0.15, -0.1) is 0 Å². The van der Waals surface area contributed by atoms with Crippen LogP contribution in [0.5, 0.6) is 5.75 Å². The zero-order chi connectivity index (χ0) is 13.8. The molecule has 0 aromatic heterocycles. The summed E-state index contributed by atoms with van der Waals surface area (Å²) in [5, 5.41) is 9.08. The van der Waals surface area contributed by atoms with E-state index in [1.54, 1.807) is 0 Å². The van der Waals surface area contributed by atoms with Crippen molar-refractivity contribution in [3.63, 3.8) is 0 Å². The van der Waals surface area contributed by atoms with Crippen molar-refractivity contribution in [3.05, 3.63) is 29.8 Å². The molecule has 0 bridgehead atoms. The van der Waals surface area contributed by atoms with Crippen LogP contribution < -0.4 is 4.74 Å². The van der Waals surface area contributed by atoms with Crippen molar-refractivity contribution in [2.75, 3.05) is 26.2 Å². The van der Waals surface area contributed by atoms with Crippen LogP contribution in [0.1, 0.15) is 12.5 Å². The number of benzene rings is 1. The Balaban J connectivity index is 1.78. The second-order valence-corrected chi connectivity index (χ2v) is 5.30. The maximum atomic E-state index is 11.0. The van der Waals surface area contributed by atoms with Gasteiger partial charge in [-0.1, -0.05) is 25.1 Å². The Bertz CT molecular complexity index is 447. The SMILES string of the molecule is Cc1ccccc1OCCN1C[C@@H](C)[C@H](C(=O)O)C1. The molecule has 1 aromatic rings. The van der Waals surface area contributed by atoms with E-state index in [9.17, 15) is 4.79 Å². The molecule has 1 fully saturated rings. The van der Waals surface area contributed by atoms with Crippen molar-refractivity contribution < 1.29 is 14.6 Å². The van der Waals surface area contributed by atoms with E-state index in [-0.39, 0.29) is 11.8 Å². The number of carboxylic acids is 1. The number of hydrogen-bond donors (Lipinski definition) is 1. The molecule has 1 aliphatic rings. The number of carbonyl (C=O) groups is 1. The van der Waals surface area contributed by atoms with Gasteiger partial charge in [-0.05, 0) is 24.5 Å². The first kappa shape index (κ1) is 13.9. The summed E-state index contributed by atoms with van der Waals surface area (Å²) in [5.41, 5.74) is 1.13. The lowest BCUT2D eigenvalue weighted by molar-refractivity contribution is -0.142. The molecule has 1 heterocycles. The molecule has 104 valence electrons. The van der Waals surface area contributed by atoms with Gasteiger partial charge in [-0.25, -0.2) is 0 Å². The lowest BCUT2D eigenvalue weighted by Crippen LogP contribution is -2.27. The normalized spacial score (nSPS) is 23.5. The van der Waals surface area contributed by atoms with Gasteiger partial charge in [0.2, 0.25) is 0 Å². The highest BCUT2D eigenvalue weighted by Gasteiger charge is 2.34. The average molecular weight is 263 g/mol. The second kappa shape index (κ2) is 6.06. The lowest BCUT2D eigenvalue weighted by atomic mass is 9.99. The van der Waals surface area contributed by atoms with Crippen LogP contribution in [0.25, 0.3) is 0 Å². The van der Waals surface area contributed by atoms with Crippen LogP contribution in [0.4, 0.5) is 0 Å². The van der Waals surface area contributed by atoms with Crippen molar-refractivity contribution in [1.82, 2.24) is 4.90 Å². The van der Waals surface area contributed by atoms with E-state index in [4.69, 9.17) is 9.84 Å². The zero-order valence-corrected chi connectivity index (χ0v) is 11.5. The van der Waals surface area contributed by atoms with Crippen molar-refractivity contribution in [2.45, 2.75) is 13.8 Å². The molecule has 4 heteroatoms. The molecule has 1 aliphatic heterocycles. The largest absolute Gasteiger partial charge is 0.492 e. The Labute approximate surface area is 114 Å². The average Bonchev–Trinajstić information content (AvgIpc) is 2.73. The number of aliphatic carboxylic acids is 1. The Morgan fingerprint density at radius 1 is 1.42 bits per heavy atom. The summed E-state index contributed by atoms with van der Waals surface area (Å²) >= 11 is 0. The first-order valence-electron chi connectivity index (χ1n) is 6.71. The number of ether oxygens (including phenoxy) is 1. The maximum Gasteiger partial charge on any atom is 0.308 e.